The van der Waals surface area contributed by atoms with Crippen molar-refractivity contribution >= 4 is 11.8 Å². The monoisotopic (exact) mass is 265 g/mol. The third kappa shape index (κ3) is 2.57. The lowest BCUT2D eigenvalue weighted by Crippen LogP contribution is -2.07. The molecule has 0 aromatic heterocycles. The maximum Gasteiger partial charge on any atom is 0.335 e. The fourth-order valence-electron chi connectivity index (χ4n) is 1.89. The molecule has 1 N–H and O–H groups in total. The number of aryl methyl sites for hydroxylation is 1. The summed E-state index contributed by atoms with van der Waals surface area (Å²) in [6.07, 6.45) is 0. The maximum absolute atomic E-state index is 12.4. The van der Waals surface area contributed by atoms with Crippen molar-refractivity contribution in [3.63, 3.8) is 0 Å². The lowest BCUT2D eigenvalue weighted by atomic mass is 9.96. The molecule has 0 aliphatic rings. The number of nitriles is 1. The van der Waals surface area contributed by atoms with Gasteiger partial charge in [0.15, 0.2) is 5.78 Å². The van der Waals surface area contributed by atoms with E-state index in [1.807, 2.05) is 6.07 Å². The number of hydrogen-bond acceptors (Lipinski definition) is 3. The van der Waals surface area contributed by atoms with Gasteiger partial charge in [-0.05, 0) is 36.8 Å². The summed E-state index contributed by atoms with van der Waals surface area (Å²) in [6, 6.07) is 12.7. The van der Waals surface area contributed by atoms with Gasteiger partial charge >= 0.3 is 5.97 Å². The van der Waals surface area contributed by atoms with Crippen molar-refractivity contribution in [2.45, 2.75) is 6.92 Å². The van der Waals surface area contributed by atoms with Crippen LogP contribution in [0.25, 0.3) is 0 Å². The summed E-state index contributed by atoms with van der Waals surface area (Å²) in [6.45, 7) is 1.74. The number of ketones is 1. The first kappa shape index (κ1) is 13.5. The topological polar surface area (TPSA) is 78.2 Å². The Balaban J connectivity index is 2.50. The molecule has 4 nitrogen and oxygen atoms in total. The third-order valence-electron chi connectivity index (χ3n) is 2.98. The molecule has 2 aromatic carbocycles. The molecule has 98 valence electrons. The molecule has 0 spiro atoms. The normalized spacial score (nSPS) is 9.80. The summed E-state index contributed by atoms with van der Waals surface area (Å²) < 4.78 is 0. The smallest absolute Gasteiger partial charge is 0.335 e. The van der Waals surface area contributed by atoms with E-state index in [-0.39, 0.29) is 11.3 Å². The van der Waals surface area contributed by atoms with E-state index in [1.165, 1.54) is 18.2 Å². The largest absolute Gasteiger partial charge is 0.478 e. The van der Waals surface area contributed by atoms with Gasteiger partial charge < -0.3 is 5.11 Å². The molecule has 0 fully saturated rings. The number of nitrogens with zero attached hydrogens (tertiary/aromatic N) is 1. The average Bonchev–Trinajstić information content (AvgIpc) is 2.46. The second-order valence-electron chi connectivity index (χ2n) is 4.36. The van der Waals surface area contributed by atoms with E-state index in [1.54, 1.807) is 31.2 Å². The fraction of sp³-hybridized carbons (Fsp3) is 0.0625. The molecule has 2 rings (SSSR count). The number of hydrogen-bond donors (Lipinski definition) is 1. The standard InChI is InChI=1S/C16H11NO3/c1-10-5-6-13(16(19)20)8-14(10)15(18)12-4-2-3-11(7-12)9-17/h2-8H,1H3,(H,19,20). The van der Waals surface area contributed by atoms with E-state index in [4.69, 9.17) is 10.4 Å². The van der Waals surface area contributed by atoms with Gasteiger partial charge in [-0.25, -0.2) is 4.79 Å². The molecule has 0 atom stereocenters. The molecule has 0 radical (unpaired) electrons. The van der Waals surface area contributed by atoms with E-state index in [9.17, 15) is 9.59 Å². The molecular formula is C16H11NO3. The maximum atomic E-state index is 12.4. The summed E-state index contributed by atoms with van der Waals surface area (Å²) >= 11 is 0. The zero-order chi connectivity index (χ0) is 14.7. The minimum absolute atomic E-state index is 0.0652. The van der Waals surface area contributed by atoms with Gasteiger partial charge in [-0.2, -0.15) is 5.26 Å². The highest BCUT2D eigenvalue weighted by molar-refractivity contribution is 6.11. The van der Waals surface area contributed by atoms with Crippen LogP contribution in [-0.4, -0.2) is 16.9 Å². The van der Waals surface area contributed by atoms with Crippen LogP contribution in [-0.2, 0) is 0 Å². The summed E-state index contributed by atoms with van der Waals surface area (Å²) in [5.74, 6) is -1.37. The first-order chi connectivity index (χ1) is 9.52. The number of benzene rings is 2. The van der Waals surface area contributed by atoms with Crippen LogP contribution in [0, 0.1) is 18.3 Å². The van der Waals surface area contributed by atoms with Crippen molar-refractivity contribution in [1.29, 1.82) is 5.26 Å². The number of carboxylic acids is 1. The summed E-state index contributed by atoms with van der Waals surface area (Å²) in [5.41, 5.74) is 1.86. The molecule has 20 heavy (non-hydrogen) atoms. The Morgan fingerprint density at radius 1 is 1.10 bits per heavy atom. The number of carbonyl (C=O) groups excluding carboxylic acids is 1. The first-order valence-corrected chi connectivity index (χ1v) is 5.91. The molecule has 0 bridgehead atoms. The van der Waals surface area contributed by atoms with Crippen molar-refractivity contribution in [3.05, 3.63) is 70.3 Å². The molecule has 2 aromatic rings. The van der Waals surface area contributed by atoms with Crippen molar-refractivity contribution in [2.75, 3.05) is 0 Å². The van der Waals surface area contributed by atoms with E-state index in [0.29, 0.717) is 22.3 Å². The van der Waals surface area contributed by atoms with Crippen LogP contribution in [0.15, 0.2) is 42.5 Å². The third-order valence-corrected chi connectivity index (χ3v) is 2.98. The Morgan fingerprint density at radius 3 is 2.50 bits per heavy atom. The van der Waals surface area contributed by atoms with E-state index in [0.717, 1.165) is 0 Å². The predicted molar refractivity (Wildman–Crippen MR) is 72.7 cm³/mol. The van der Waals surface area contributed by atoms with E-state index < -0.39 is 5.97 Å². The average molecular weight is 265 g/mol. The van der Waals surface area contributed by atoms with Crippen molar-refractivity contribution < 1.29 is 14.7 Å². The molecule has 0 saturated heterocycles. The summed E-state index contributed by atoms with van der Waals surface area (Å²) in [4.78, 5) is 23.4. The molecule has 0 saturated carbocycles. The van der Waals surface area contributed by atoms with Gasteiger partial charge in [-0.15, -0.1) is 0 Å². The van der Waals surface area contributed by atoms with Crippen LogP contribution in [0.2, 0.25) is 0 Å². The minimum Gasteiger partial charge on any atom is -0.478 e. The van der Waals surface area contributed by atoms with Gasteiger partial charge in [0.1, 0.15) is 0 Å². The fourth-order valence-corrected chi connectivity index (χ4v) is 1.89. The number of carboxylic acid groups (broad SMARTS) is 1. The highest BCUT2D eigenvalue weighted by Crippen LogP contribution is 2.17. The zero-order valence-electron chi connectivity index (χ0n) is 10.8. The molecule has 0 aliphatic heterocycles. The van der Waals surface area contributed by atoms with Crippen molar-refractivity contribution in [3.8, 4) is 6.07 Å². The highest BCUT2D eigenvalue weighted by Gasteiger charge is 2.14. The Hall–Kier alpha value is -2.93. The second kappa shape index (κ2) is 5.37. The Morgan fingerprint density at radius 2 is 1.85 bits per heavy atom. The quantitative estimate of drug-likeness (QED) is 0.865. The molecular weight excluding hydrogens is 254 g/mol. The van der Waals surface area contributed by atoms with Crippen LogP contribution >= 0.6 is 0 Å². The Labute approximate surface area is 115 Å². The van der Waals surface area contributed by atoms with Gasteiger partial charge in [-0.1, -0.05) is 18.2 Å². The second-order valence-corrected chi connectivity index (χ2v) is 4.36. The van der Waals surface area contributed by atoms with Crippen LogP contribution in [0.1, 0.15) is 37.4 Å². The number of rotatable bonds is 3. The van der Waals surface area contributed by atoms with Gasteiger partial charge in [0, 0.05) is 11.1 Å². The molecule has 0 unspecified atom stereocenters. The SMILES string of the molecule is Cc1ccc(C(=O)O)cc1C(=O)c1cccc(C#N)c1. The van der Waals surface area contributed by atoms with Crippen molar-refractivity contribution in [2.24, 2.45) is 0 Å². The zero-order valence-corrected chi connectivity index (χ0v) is 10.8. The van der Waals surface area contributed by atoms with Crippen LogP contribution < -0.4 is 0 Å². The van der Waals surface area contributed by atoms with E-state index >= 15 is 0 Å². The molecule has 0 amide bonds. The van der Waals surface area contributed by atoms with Gasteiger partial charge in [0.25, 0.3) is 0 Å². The number of aromatic carboxylic acids is 1. The Kier molecular flexibility index (Phi) is 3.62. The lowest BCUT2D eigenvalue weighted by Gasteiger charge is -2.06. The van der Waals surface area contributed by atoms with Crippen LogP contribution in [0.3, 0.4) is 0 Å². The highest BCUT2D eigenvalue weighted by atomic mass is 16.4. The predicted octanol–water partition coefficient (Wildman–Crippen LogP) is 2.80. The van der Waals surface area contributed by atoms with Gasteiger partial charge in [-0.3, -0.25) is 4.79 Å². The van der Waals surface area contributed by atoms with Crippen LogP contribution in [0.4, 0.5) is 0 Å². The van der Waals surface area contributed by atoms with Crippen LogP contribution in [0.5, 0.6) is 0 Å². The van der Waals surface area contributed by atoms with Crippen molar-refractivity contribution in [1.82, 2.24) is 0 Å². The van der Waals surface area contributed by atoms with Gasteiger partial charge in [0.05, 0.1) is 17.2 Å². The first-order valence-electron chi connectivity index (χ1n) is 5.91. The molecule has 0 aliphatic carbocycles. The summed E-state index contributed by atoms with van der Waals surface area (Å²) in [5, 5.41) is 17.8. The summed E-state index contributed by atoms with van der Waals surface area (Å²) in [7, 11) is 0. The lowest BCUT2D eigenvalue weighted by molar-refractivity contribution is 0.0697. The molecule has 4 heteroatoms. The minimum atomic E-state index is -1.08. The van der Waals surface area contributed by atoms with Gasteiger partial charge in [0.2, 0.25) is 0 Å². The Bertz CT molecular complexity index is 742. The number of carbonyl (C=O) groups is 2. The van der Waals surface area contributed by atoms with E-state index in [2.05, 4.69) is 0 Å². The molecule has 0 heterocycles.